The van der Waals surface area contributed by atoms with Crippen LogP contribution in [0, 0.1) is 0 Å². The van der Waals surface area contributed by atoms with Gasteiger partial charge in [-0.15, -0.1) is 0 Å². The summed E-state index contributed by atoms with van der Waals surface area (Å²) in [6.07, 6.45) is 3.48. The lowest BCUT2D eigenvalue weighted by Crippen LogP contribution is -2.53. The fourth-order valence-corrected chi connectivity index (χ4v) is 4.24. The van der Waals surface area contributed by atoms with Crippen LogP contribution in [0.5, 0.6) is 5.75 Å². The highest BCUT2D eigenvalue weighted by molar-refractivity contribution is 5.78. The number of amides is 1. The van der Waals surface area contributed by atoms with Crippen LogP contribution >= 0.6 is 0 Å². The predicted octanol–water partition coefficient (Wildman–Crippen LogP) is 2.03. The average Bonchev–Trinajstić information content (AvgIpc) is 2.78. The summed E-state index contributed by atoms with van der Waals surface area (Å²) >= 11 is 0. The second kappa shape index (κ2) is 6.73. The lowest BCUT2D eigenvalue weighted by Gasteiger charge is -2.44. The third-order valence-electron chi connectivity index (χ3n) is 5.32. The minimum atomic E-state index is -0.802. The predicted molar refractivity (Wildman–Crippen MR) is 92.9 cm³/mol. The van der Waals surface area contributed by atoms with Crippen LogP contribution < -0.4 is 10.1 Å². The van der Waals surface area contributed by atoms with E-state index in [4.69, 9.17) is 4.74 Å². The van der Waals surface area contributed by atoms with E-state index in [1.807, 2.05) is 38.1 Å². The highest BCUT2D eigenvalue weighted by atomic mass is 16.5. The van der Waals surface area contributed by atoms with Crippen LogP contribution in [0.3, 0.4) is 0 Å². The minimum absolute atomic E-state index is 0.0804. The van der Waals surface area contributed by atoms with Gasteiger partial charge in [0.2, 0.25) is 5.91 Å². The Kier molecular flexibility index (Phi) is 4.83. The number of carbonyl (C=O) groups excluding carboxylic acids is 1. The van der Waals surface area contributed by atoms with Crippen molar-refractivity contribution in [1.29, 1.82) is 0 Å². The molecule has 0 aromatic heterocycles. The molecule has 2 heterocycles. The summed E-state index contributed by atoms with van der Waals surface area (Å²) in [5.41, 5.74) is 0.148. The van der Waals surface area contributed by atoms with Gasteiger partial charge >= 0.3 is 0 Å². The molecular formula is C19H28N2O3. The van der Waals surface area contributed by atoms with Gasteiger partial charge in [0.15, 0.2) is 0 Å². The van der Waals surface area contributed by atoms with Crippen molar-refractivity contribution in [3.8, 4) is 5.75 Å². The van der Waals surface area contributed by atoms with E-state index in [0.29, 0.717) is 19.4 Å². The fourth-order valence-electron chi connectivity index (χ4n) is 4.24. The molecular weight excluding hydrogens is 304 g/mol. The van der Waals surface area contributed by atoms with Gasteiger partial charge in [-0.25, -0.2) is 0 Å². The lowest BCUT2D eigenvalue weighted by molar-refractivity contribution is -0.126. The molecule has 5 heteroatoms. The number of ether oxygens (including phenoxy) is 1. The molecule has 2 unspecified atom stereocenters. The van der Waals surface area contributed by atoms with Crippen LogP contribution in [0.4, 0.5) is 0 Å². The van der Waals surface area contributed by atoms with E-state index < -0.39 is 5.60 Å². The number of rotatable bonds is 5. The zero-order valence-corrected chi connectivity index (χ0v) is 14.8. The Morgan fingerprint density at radius 3 is 2.38 bits per heavy atom. The molecule has 2 N–H and O–H groups in total. The molecule has 1 amide bonds. The SMILES string of the molecule is COc1ccc(C2(O)CC3CCC(C2)N3CC(=O)NC(C)C)cc1. The van der Waals surface area contributed by atoms with Gasteiger partial charge in [-0.3, -0.25) is 9.69 Å². The molecule has 2 aliphatic rings. The largest absolute Gasteiger partial charge is 0.497 e. The highest BCUT2D eigenvalue weighted by Gasteiger charge is 2.48. The number of nitrogens with one attached hydrogen (secondary N) is 1. The summed E-state index contributed by atoms with van der Waals surface area (Å²) in [6.45, 7) is 4.39. The molecule has 132 valence electrons. The molecule has 0 aliphatic carbocycles. The first-order valence-electron chi connectivity index (χ1n) is 8.83. The van der Waals surface area contributed by atoms with Crippen molar-refractivity contribution in [1.82, 2.24) is 10.2 Å². The molecule has 2 bridgehead atoms. The van der Waals surface area contributed by atoms with Crippen molar-refractivity contribution < 1.29 is 14.6 Å². The van der Waals surface area contributed by atoms with E-state index in [2.05, 4.69) is 10.2 Å². The number of fused-ring (bicyclic) bond motifs is 2. The summed E-state index contributed by atoms with van der Waals surface area (Å²) in [5, 5.41) is 14.2. The van der Waals surface area contributed by atoms with Gasteiger partial charge in [-0.05, 0) is 57.2 Å². The third-order valence-corrected chi connectivity index (χ3v) is 5.32. The van der Waals surface area contributed by atoms with Crippen LogP contribution in [0.25, 0.3) is 0 Å². The van der Waals surface area contributed by atoms with Crippen molar-refractivity contribution in [2.45, 2.75) is 63.3 Å². The van der Waals surface area contributed by atoms with Gasteiger partial charge in [0.1, 0.15) is 5.75 Å². The number of carbonyl (C=O) groups is 1. The summed E-state index contributed by atoms with van der Waals surface area (Å²) in [7, 11) is 1.64. The maximum Gasteiger partial charge on any atom is 0.234 e. The summed E-state index contributed by atoms with van der Waals surface area (Å²) < 4.78 is 5.20. The van der Waals surface area contributed by atoms with Crippen molar-refractivity contribution in [2.75, 3.05) is 13.7 Å². The van der Waals surface area contributed by atoms with E-state index in [9.17, 15) is 9.90 Å². The van der Waals surface area contributed by atoms with Crippen LogP contribution in [-0.4, -0.2) is 47.7 Å². The number of hydrogen-bond acceptors (Lipinski definition) is 4. The minimum Gasteiger partial charge on any atom is -0.497 e. The molecule has 2 aliphatic heterocycles. The molecule has 3 rings (SSSR count). The maximum absolute atomic E-state index is 12.1. The molecule has 2 atom stereocenters. The van der Waals surface area contributed by atoms with Gasteiger partial charge in [-0.2, -0.15) is 0 Å². The Labute approximate surface area is 144 Å². The number of piperidine rings is 1. The Morgan fingerprint density at radius 2 is 1.88 bits per heavy atom. The Morgan fingerprint density at radius 1 is 1.29 bits per heavy atom. The zero-order chi connectivity index (χ0) is 17.3. The molecule has 0 spiro atoms. The third kappa shape index (κ3) is 3.42. The van der Waals surface area contributed by atoms with Crippen molar-refractivity contribution in [2.24, 2.45) is 0 Å². The Bertz CT molecular complexity index is 571. The highest BCUT2D eigenvalue weighted by Crippen LogP contribution is 2.45. The number of nitrogens with zero attached hydrogens (tertiary/aromatic N) is 1. The molecule has 1 aromatic carbocycles. The molecule has 2 saturated heterocycles. The first-order valence-corrected chi connectivity index (χ1v) is 8.83. The van der Waals surface area contributed by atoms with Crippen molar-refractivity contribution >= 4 is 5.91 Å². The first kappa shape index (κ1) is 17.2. The number of aliphatic hydroxyl groups is 1. The molecule has 0 saturated carbocycles. The number of benzene rings is 1. The number of methoxy groups -OCH3 is 1. The van der Waals surface area contributed by atoms with Crippen LogP contribution in [0.15, 0.2) is 24.3 Å². The van der Waals surface area contributed by atoms with E-state index >= 15 is 0 Å². The first-order chi connectivity index (χ1) is 11.4. The zero-order valence-electron chi connectivity index (χ0n) is 14.8. The fraction of sp³-hybridized carbons (Fsp3) is 0.632. The second-order valence-electron chi connectivity index (χ2n) is 7.45. The molecule has 2 fully saturated rings. The topological polar surface area (TPSA) is 61.8 Å². The standard InChI is InChI=1S/C19H28N2O3/c1-13(2)20-18(22)12-21-15-6-7-16(21)11-19(23,10-15)14-4-8-17(24-3)9-5-14/h4-5,8-9,13,15-16,23H,6-7,10-12H2,1-3H3,(H,20,22). The lowest BCUT2D eigenvalue weighted by atomic mass is 9.80. The second-order valence-corrected chi connectivity index (χ2v) is 7.45. The van der Waals surface area contributed by atoms with Crippen LogP contribution in [0.1, 0.15) is 45.1 Å². The van der Waals surface area contributed by atoms with E-state index in [1.165, 1.54) is 0 Å². The Balaban J connectivity index is 1.70. The van der Waals surface area contributed by atoms with Crippen molar-refractivity contribution in [3.63, 3.8) is 0 Å². The van der Waals surface area contributed by atoms with Crippen LogP contribution in [0.2, 0.25) is 0 Å². The van der Waals surface area contributed by atoms with Crippen molar-refractivity contribution in [3.05, 3.63) is 29.8 Å². The molecule has 1 aromatic rings. The van der Waals surface area contributed by atoms with Gasteiger partial charge in [0, 0.05) is 18.1 Å². The maximum atomic E-state index is 12.1. The van der Waals surface area contributed by atoms with E-state index in [-0.39, 0.29) is 24.0 Å². The monoisotopic (exact) mass is 332 g/mol. The Hall–Kier alpha value is -1.59. The quantitative estimate of drug-likeness (QED) is 0.866. The van der Waals surface area contributed by atoms with E-state index in [1.54, 1.807) is 7.11 Å². The summed E-state index contributed by atoms with van der Waals surface area (Å²) in [5.74, 6) is 0.880. The van der Waals surface area contributed by atoms with Gasteiger partial charge in [-0.1, -0.05) is 12.1 Å². The number of hydrogen-bond donors (Lipinski definition) is 2. The van der Waals surface area contributed by atoms with Gasteiger partial charge < -0.3 is 15.2 Å². The molecule has 0 radical (unpaired) electrons. The average molecular weight is 332 g/mol. The molecule has 5 nitrogen and oxygen atoms in total. The van der Waals surface area contributed by atoms with Gasteiger partial charge in [0.25, 0.3) is 0 Å². The smallest absolute Gasteiger partial charge is 0.234 e. The van der Waals surface area contributed by atoms with Gasteiger partial charge in [0.05, 0.1) is 19.3 Å². The normalized spacial score (nSPS) is 29.7. The molecule has 24 heavy (non-hydrogen) atoms. The van der Waals surface area contributed by atoms with Crippen LogP contribution in [-0.2, 0) is 10.4 Å². The van der Waals surface area contributed by atoms with E-state index in [0.717, 1.165) is 24.2 Å². The summed E-state index contributed by atoms with van der Waals surface area (Å²) in [4.78, 5) is 14.4. The summed E-state index contributed by atoms with van der Waals surface area (Å²) in [6, 6.07) is 8.42.